The third kappa shape index (κ3) is 4.83. The van der Waals surface area contributed by atoms with Gasteiger partial charge in [0.2, 0.25) is 0 Å². The molecule has 9 heteroatoms. The third-order valence-electron chi connectivity index (χ3n) is 5.28. The summed E-state index contributed by atoms with van der Waals surface area (Å²) in [4.78, 5) is 28.2. The molecule has 4 rings (SSSR count). The summed E-state index contributed by atoms with van der Waals surface area (Å²) in [6, 6.07) is 16.3. The number of halogens is 4. The van der Waals surface area contributed by atoms with Crippen molar-refractivity contribution >= 4 is 46.6 Å². The highest BCUT2D eigenvalue weighted by Gasteiger charge is 2.41. The lowest BCUT2D eigenvalue weighted by Gasteiger charge is -2.17. The van der Waals surface area contributed by atoms with E-state index < -0.39 is 23.6 Å². The maximum atomic E-state index is 13.4. The summed E-state index contributed by atoms with van der Waals surface area (Å²) < 4.78 is 39.8. The zero-order valence-corrected chi connectivity index (χ0v) is 19.6. The summed E-state index contributed by atoms with van der Waals surface area (Å²) in [5, 5.41) is 3.52. The number of carbonyl (C=O) groups excluding carboxylic acids is 2. The van der Waals surface area contributed by atoms with Gasteiger partial charge >= 0.3 is 6.18 Å². The van der Waals surface area contributed by atoms with Crippen LogP contribution in [0.2, 0.25) is 5.02 Å². The Morgan fingerprint density at radius 1 is 0.882 bits per heavy atom. The van der Waals surface area contributed by atoms with Gasteiger partial charge in [0.05, 0.1) is 11.3 Å². The van der Waals surface area contributed by atoms with Crippen molar-refractivity contribution in [2.75, 3.05) is 10.2 Å². The Balaban J connectivity index is 1.76. The molecule has 0 atom stereocenters. The van der Waals surface area contributed by atoms with Gasteiger partial charge in [-0.15, -0.1) is 0 Å². The smallest absolute Gasteiger partial charge is 0.350 e. The van der Waals surface area contributed by atoms with Crippen LogP contribution < -0.4 is 10.2 Å². The standard InChI is InChI=1S/C25H18ClF3N2O2S/c1-14-6-9-18(12-15(14)2)30-21-22(34-20-10-7-17(26)8-11-20)24(33)31(23(21)32)19-5-3-4-16(13-19)25(27,28)29/h3-13,30H,1-2H3. The van der Waals surface area contributed by atoms with Crippen molar-refractivity contribution in [2.24, 2.45) is 0 Å². The van der Waals surface area contributed by atoms with E-state index in [-0.39, 0.29) is 16.3 Å². The fourth-order valence-electron chi connectivity index (χ4n) is 3.35. The number of nitrogens with one attached hydrogen (secondary N) is 1. The molecule has 1 aliphatic rings. The van der Waals surface area contributed by atoms with Crippen molar-refractivity contribution in [3.63, 3.8) is 0 Å². The molecule has 0 spiro atoms. The largest absolute Gasteiger partial charge is 0.416 e. The van der Waals surface area contributed by atoms with Gasteiger partial charge in [0.15, 0.2) is 0 Å². The predicted octanol–water partition coefficient (Wildman–Crippen LogP) is 6.96. The summed E-state index contributed by atoms with van der Waals surface area (Å²) >= 11 is 6.98. The zero-order valence-electron chi connectivity index (χ0n) is 18.0. The van der Waals surface area contributed by atoms with Crippen molar-refractivity contribution in [2.45, 2.75) is 24.9 Å². The van der Waals surface area contributed by atoms with Crippen LogP contribution in [0.3, 0.4) is 0 Å². The van der Waals surface area contributed by atoms with Crippen LogP contribution in [0, 0.1) is 13.8 Å². The first-order chi connectivity index (χ1) is 16.0. The van der Waals surface area contributed by atoms with Gasteiger partial charge in [0.1, 0.15) is 10.6 Å². The van der Waals surface area contributed by atoms with Crippen LogP contribution >= 0.6 is 23.4 Å². The van der Waals surface area contributed by atoms with E-state index in [1.165, 1.54) is 12.1 Å². The number of amides is 2. The van der Waals surface area contributed by atoms with Crippen LogP contribution in [0.4, 0.5) is 24.5 Å². The van der Waals surface area contributed by atoms with Gasteiger partial charge in [0, 0.05) is 15.6 Å². The maximum absolute atomic E-state index is 13.4. The molecule has 174 valence electrons. The quantitative estimate of drug-likeness (QED) is 0.383. The molecule has 3 aromatic carbocycles. The number of hydrogen-bond acceptors (Lipinski definition) is 4. The molecule has 2 amide bonds. The lowest BCUT2D eigenvalue weighted by atomic mass is 10.1. The van der Waals surface area contributed by atoms with Crippen molar-refractivity contribution in [3.05, 3.63) is 99.0 Å². The molecule has 0 unspecified atom stereocenters. The molecule has 0 aromatic heterocycles. The number of alkyl halides is 3. The van der Waals surface area contributed by atoms with E-state index in [1.54, 1.807) is 30.3 Å². The van der Waals surface area contributed by atoms with E-state index in [2.05, 4.69) is 5.32 Å². The summed E-state index contributed by atoms with van der Waals surface area (Å²) in [5.74, 6) is -1.45. The zero-order chi connectivity index (χ0) is 24.6. The second-order valence-corrected chi connectivity index (χ2v) is 9.20. The van der Waals surface area contributed by atoms with Crippen molar-refractivity contribution in [1.29, 1.82) is 0 Å². The Hall–Kier alpha value is -3.23. The van der Waals surface area contributed by atoms with E-state index in [4.69, 9.17) is 11.6 Å². The SMILES string of the molecule is Cc1ccc(NC2=C(Sc3ccc(Cl)cc3)C(=O)N(c3cccc(C(F)(F)F)c3)C2=O)cc1C. The number of hydrogen-bond donors (Lipinski definition) is 1. The molecule has 1 heterocycles. The van der Waals surface area contributed by atoms with E-state index in [9.17, 15) is 22.8 Å². The molecule has 0 saturated carbocycles. The number of aryl methyl sites for hydroxylation is 2. The normalized spacial score (nSPS) is 14.2. The van der Waals surface area contributed by atoms with Crippen LogP contribution in [0.1, 0.15) is 16.7 Å². The number of imide groups is 1. The fraction of sp³-hybridized carbons (Fsp3) is 0.120. The van der Waals surface area contributed by atoms with Crippen molar-refractivity contribution in [3.8, 4) is 0 Å². The lowest BCUT2D eigenvalue weighted by Crippen LogP contribution is -2.32. The van der Waals surface area contributed by atoms with E-state index in [1.807, 2.05) is 26.0 Å². The summed E-state index contributed by atoms with van der Waals surface area (Å²) in [6.45, 7) is 3.86. The molecule has 1 N–H and O–H groups in total. The van der Waals surface area contributed by atoms with Gasteiger partial charge in [-0.05, 0) is 79.6 Å². The Morgan fingerprint density at radius 2 is 1.59 bits per heavy atom. The van der Waals surface area contributed by atoms with Crippen LogP contribution in [-0.4, -0.2) is 11.8 Å². The number of thioether (sulfide) groups is 1. The Bertz CT molecular complexity index is 1320. The van der Waals surface area contributed by atoms with E-state index in [0.717, 1.165) is 39.9 Å². The highest BCUT2D eigenvalue weighted by atomic mass is 35.5. The Morgan fingerprint density at radius 3 is 2.24 bits per heavy atom. The van der Waals surface area contributed by atoms with Crippen LogP contribution in [0.25, 0.3) is 0 Å². The highest BCUT2D eigenvalue weighted by molar-refractivity contribution is 8.04. The summed E-state index contributed by atoms with van der Waals surface area (Å²) in [6.07, 6.45) is -4.61. The molecule has 34 heavy (non-hydrogen) atoms. The second kappa shape index (κ2) is 9.19. The lowest BCUT2D eigenvalue weighted by molar-refractivity contribution is -0.137. The van der Waals surface area contributed by atoms with Gasteiger partial charge in [-0.1, -0.05) is 35.5 Å². The highest BCUT2D eigenvalue weighted by Crippen LogP contribution is 2.39. The Labute approximate surface area is 203 Å². The first-order valence-corrected chi connectivity index (χ1v) is 11.3. The van der Waals surface area contributed by atoms with Gasteiger partial charge in [-0.2, -0.15) is 13.2 Å². The first-order valence-electron chi connectivity index (χ1n) is 10.1. The molecular weight excluding hydrogens is 485 g/mol. The van der Waals surface area contributed by atoms with Crippen LogP contribution in [0.5, 0.6) is 0 Å². The number of carbonyl (C=O) groups is 2. The second-order valence-electron chi connectivity index (χ2n) is 7.68. The maximum Gasteiger partial charge on any atom is 0.416 e. The molecule has 0 bridgehead atoms. The first kappa shape index (κ1) is 23.9. The minimum absolute atomic E-state index is 0.00869. The minimum Gasteiger partial charge on any atom is -0.350 e. The fourth-order valence-corrected chi connectivity index (χ4v) is 4.41. The molecule has 0 aliphatic carbocycles. The molecule has 0 saturated heterocycles. The molecule has 0 radical (unpaired) electrons. The van der Waals surface area contributed by atoms with Gasteiger partial charge in [0.25, 0.3) is 11.8 Å². The summed E-state index contributed by atoms with van der Waals surface area (Å²) in [5.41, 5.74) is 1.49. The molecule has 3 aromatic rings. The average molecular weight is 503 g/mol. The van der Waals surface area contributed by atoms with Crippen LogP contribution in [-0.2, 0) is 15.8 Å². The molecular formula is C25H18ClF3N2O2S. The van der Waals surface area contributed by atoms with Gasteiger partial charge < -0.3 is 5.32 Å². The predicted molar refractivity (Wildman–Crippen MR) is 128 cm³/mol. The van der Waals surface area contributed by atoms with Crippen molar-refractivity contribution in [1.82, 2.24) is 0 Å². The topological polar surface area (TPSA) is 49.4 Å². The monoisotopic (exact) mass is 502 g/mol. The van der Waals surface area contributed by atoms with Crippen LogP contribution in [0.15, 0.2) is 82.2 Å². The summed E-state index contributed by atoms with van der Waals surface area (Å²) in [7, 11) is 0. The average Bonchev–Trinajstić information content (AvgIpc) is 3.01. The number of rotatable bonds is 5. The van der Waals surface area contributed by atoms with Gasteiger partial charge in [-0.25, -0.2) is 4.90 Å². The third-order valence-corrected chi connectivity index (χ3v) is 6.63. The molecule has 1 aliphatic heterocycles. The number of nitrogens with zero attached hydrogens (tertiary/aromatic N) is 1. The van der Waals surface area contributed by atoms with E-state index >= 15 is 0 Å². The molecule has 0 fully saturated rings. The Kier molecular flexibility index (Phi) is 6.47. The van der Waals surface area contributed by atoms with E-state index in [0.29, 0.717) is 15.6 Å². The minimum atomic E-state index is -4.61. The molecule has 4 nitrogen and oxygen atoms in total. The number of benzene rings is 3. The van der Waals surface area contributed by atoms with Gasteiger partial charge in [-0.3, -0.25) is 9.59 Å². The number of anilines is 2. The van der Waals surface area contributed by atoms with Crippen molar-refractivity contribution < 1.29 is 22.8 Å².